The number of hydrogen-bond acceptors (Lipinski definition) is 5. The van der Waals surface area contributed by atoms with Crippen LogP contribution in [0.2, 0.25) is 0 Å². The summed E-state index contributed by atoms with van der Waals surface area (Å²) in [5.74, 6) is 0.0731. The Morgan fingerprint density at radius 1 is 1.03 bits per heavy atom. The molecule has 0 N–H and O–H groups in total. The van der Waals surface area contributed by atoms with E-state index in [1.165, 1.54) is 17.4 Å². The summed E-state index contributed by atoms with van der Waals surface area (Å²) in [6.07, 6.45) is 6.46. The summed E-state index contributed by atoms with van der Waals surface area (Å²) in [6.45, 7) is 7.56. The highest BCUT2D eigenvalue weighted by atomic mass is 79.9. The lowest BCUT2D eigenvalue weighted by atomic mass is 10.2. The lowest BCUT2D eigenvalue weighted by Crippen LogP contribution is -2.37. The molecule has 6 nitrogen and oxygen atoms in total. The first-order valence-electron chi connectivity index (χ1n) is 13.7. The Hall–Kier alpha value is -2.81. The number of halogens is 1. The summed E-state index contributed by atoms with van der Waals surface area (Å²) in [4.78, 5) is 23.7. The minimum Gasteiger partial charge on any atom is -0.378 e. The zero-order chi connectivity index (χ0) is 26.9. The fraction of sp³-hybridized carbons (Fsp3) is 0.355. The first-order valence-corrected chi connectivity index (χ1v) is 15.3. The minimum atomic E-state index is 0.0731. The third kappa shape index (κ3) is 5.34. The molecule has 8 heteroatoms. The number of aliphatic imine (C=N–C) groups is 1. The van der Waals surface area contributed by atoms with Crippen LogP contribution in [0.3, 0.4) is 0 Å². The van der Waals surface area contributed by atoms with E-state index in [-0.39, 0.29) is 11.9 Å². The van der Waals surface area contributed by atoms with E-state index in [1.807, 2.05) is 35.2 Å². The topological polar surface area (TPSA) is 50.1 Å². The summed E-state index contributed by atoms with van der Waals surface area (Å²) in [6, 6.07) is 18.9. The highest BCUT2D eigenvalue weighted by Gasteiger charge is 2.39. The first kappa shape index (κ1) is 26.4. The number of ether oxygens (including phenoxy) is 1. The molecule has 1 aliphatic carbocycles. The predicted octanol–water partition coefficient (Wildman–Crippen LogP) is 7.24. The Balaban J connectivity index is 1.32. The molecule has 0 spiro atoms. The van der Waals surface area contributed by atoms with Crippen LogP contribution in [0.25, 0.3) is 11.8 Å². The molecule has 0 radical (unpaired) electrons. The van der Waals surface area contributed by atoms with Crippen molar-refractivity contribution in [2.24, 2.45) is 4.99 Å². The zero-order valence-corrected chi connectivity index (χ0v) is 24.8. The zero-order valence-electron chi connectivity index (χ0n) is 22.4. The molecule has 2 aliphatic heterocycles. The molecule has 1 aromatic heterocycles. The molecule has 39 heavy (non-hydrogen) atoms. The van der Waals surface area contributed by atoms with Crippen molar-refractivity contribution in [3.63, 3.8) is 0 Å². The number of aromatic nitrogens is 1. The number of benzene rings is 2. The minimum absolute atomic E-state index is 0.0731. The van der Waals surface area contributed by atoms with E-state index in [2.05, 4.69) is 69.6 Å². The third-order valence-corrected chi connectivity index (χ3v) is 9.42. The number of anilines is 1. The van der Waals surface area contributed by atoms with Gasteiger partial charge in [0.15, 0.2) is 5.17 Å². The van der Waals surface area contributed by atoms with Crippen molar-refractivity contribution in [1.29, 1.82) is 0 Å². The van der Waals surface area contributed by atoms with Gasteiger partial charge in [0.1, 0.15) is 0 Å². The molecule has 0 bridgehead atoms. The predicted molar refractivity (Wildman–Crippen MR) is 164 cm³/mol. The Morgan fingerprint density at radius 3 is 2.49 bits per heavy atom. The number of nitrogens with zero attached hydrogens (tertiary/aromatic N) is 4. The largest absolute Gasteiger partial charge is 0.378 e. The number of carbonyl (C=O) groups excluding carboxylic acids is 1. The van der Waals surface area contributed by atoms with Crippen LogP contribution in [-0.2, 0) is 9.53 Å². The SMILES string of the molecule is Cc1cc(/C=C2/SC(=Nc3ccccc3)N(C3CCCC3)C2=O)c(C)n1-c1ccc(N2CCOCC2)c(Br)c1. The number of para-hydroxylation sites is 1. The highest BCUT2D eigenvalue weighted by Crippen LogP contribution is 2.40. The van der Waals surface area contributed by atoms with Crippen LogP contribution >= 0.6 is 27.7 Å². The number of aryl methyl sites for hydroxylation is 1. The second kappa shape index (κ2) is 11.4. The molecule has 3 heterocycles. The van der Waals surface area contributed by atoms with Gasteiger partial charge in [0, 0.05) is 40.7 Å². The van der Waals surface area contributed by atoms with Crippen molar-refractivity contribution in [1.82, 2.24) is 9.47 Å². The average Bonchev–Trinajstić information content (AvgIpc) is 3.64. The van der Waals surface area contributed by atoms with Gasteiger partial charge in [-0.05, 0) is 102 Å². The molecule has 3 fully saturated rings. The maximum Gasteiger partial charge on any atom is 0.267 e. The fourth-order valence-corrected chi connectivity index (χ4v) is 7.50. The van der Waals surface area contributed by atoms with Gasteiger partial charge in [-0.15, -0.1) is 0 Å². The van der Waals surface area contributed by atoms with Gasteiger partial charge in [-0.25, -0.2) is 4.99 Å². The van der Waals surface area contributed by atoms with Gasteiger partial charge in [-0.2, -0.15) is 0 Å². The van der Waals surface area contributed by atoms with Gasteiger partial charge >= 0.3 is 0 Å². The van der Waals surface area contributed by atoms with Crippen LogP contribution in [0.5, 0.6) is 0 Å². The third-order valence-electron chi connectivity index (χ3n) is 7.81. The van der Waals surface area contributed by atoms with Gasteiger partial charge in [0.2, 0.25) is 0 Å². The molecule has 202 valence electrons. The van der Waals surface area contributed by atoms with Gasteiger partial charge in [-0.3, -0.25) is 9.69 Å². The lowest BCUT2D eigenvalue weighted by molar-refractivity contribution is -0.123. The Labute approximate surface area is 242 Å². The number of morpholine rings is 1. The van der Waals surface area contributed by atoms with E-state index in [0.29, 0.717) is 0 Å². The fourth-order valence-electron chi connectivity index (χ4n) is 5.83. The summed E-state index contributed by atoms with van der Waals surface area (Å²) < 4.78 is 8.86. The second-order valence-corrected chi connectivity index (χ2v) is 12.2. The highest BCUT2D eigenvalue weighted by molar-refractivity contribution is 9.10. The molecule has 3 aliphatic rings. The van der Waals surface area contributed by atoms with Crippen LogP contribution in [0, 0.1) is 13.8 Å². The lowest BCUT2D eigenvalue weighted by Gasteiger charge is -2.30. The van der Waals surface area contributed by atoms with E-state index in [9.17, 15) is 4.79 Å². The van der Waals surface area contributed by atoms with E-state index in [4.69, 9.17) is 9.73 Å². The molecular formula is C31H33BrN4O2S. The number of hydrogen-bond donors (Lipinski definition) is 0. The van der Waals surface area contributed by atoms with Crippen molar-refractivity contribution >= 4 is 56.2 Å². The average molecular weight is 606 g/mol. The van der Waals surface area contributed by atoms with Gasteiger partial charge in [-0.1, -0.05) is 31.0 Å². The monoisotopic (exact) mass is 604 g/mol. The maximum atomic E-state index is 13.7. The van der Waals surface area contributed by atoms with E-state index in [1.54, 1.807) is 0 Å². The first-order chi connectivity index (χ1) is 19.0. The summed E-state index contributed by atoms with van der Waals surface area (Å²) in [7, 11) is 0. The van der Waals surface area contributed by atoms with Gasteiger partial charge < -0.3 is 14.2 Å². The van der Waals surface area contributed by atoms with Crippen LogP contribution < -0.4 is 4.90 Å². The standard InChI is InChI=1S/C31H33BrN4O2S/c1-21-18-23(22(2)35(21)26-12-13-28(27(32)20-26)34-14-16-38-17-15-34)19-29-30(37)36(25-10-6-7-11-25)31(39-29)33-24-8-4-3-5-9-24/h3-5,8-9,12-13,18-20,25H,6-7,10-11,14-17H2,1-2H3/b29-19+,33-31?. The van der Waals surface area contributed by atoms with E-state index in [0.717, 1.165) is 94.9 Å². The Morgan fingerprint density at radius 2 is 1.77 bits per heavy atom. The van der Waals surface area contributed by atoms with Crippen molar-refractivity contribution in [3.05, 3.63) is 80.9 Å². The van der Waals surface area contributed by atoms with Crippen LogP contribution in [0.15, 0.2) is 69.0 Å². The van der Waals surface area contributed by atoms with E-state index < -0.39 is 0 Å². The van der Waals surface area contributed by atoms with Crippen LogP contribution in [0.4, 0.5) is 11.4 Å². The van der Waals surface area contributed by atoms with Crippen molar-refractivity contribution < 1.29 is 9.53 Å². The molecule has 6 rings (SSSR count). The van der Waals surface area contributed by atoms with Crippen molar-refractivity contribution in [2.75, 3.05) is 31.2 Å². The number of thioether (sulfide) groups is 1. The number of amides is 1. The number of amidine groups is 1. The number of carbonyl (C=O) groups is 1. The molecule has 2 saturated heterocycles. The molecular weight excluding hydrogens is 572 g/mol. The van der Waals surface area contributed by atoms with Crippen molar-refractivity contribution in [2.45, 2.75) is 45.6 Å². The maximum absolute atomic E-state index is 13.7. The molecule has 0 atom stereocenters. The second-order valence-electron chi connectivity index (χ2n) is 10.4. The molecule has 0 unspecified atom stereocenters. The summed E-state index contributed by atoms with van der Waals surface area (Å²) in [5, 5.41) is 0.792. The van der Waals surface area contributed by atoms with Gasteiger partial charge in [0.25, 0.3) is 5.91 Å². The van der Waals surface area contributed by atoms with Crippen LogP contribution in [-0.4, -0.2) is 52.9 Å². The van der Waals surface area contributed by atoms with E-state index >= 15 is 0 Å². The van der Waals surface area contributed by atoms with Crippen LogP contribution in [0.1, 0.15) is 42.6 Å². The summed E-state index contributed by atoms with van der Waals surface area (Å²) >= 11 is 5.31. The Bertz CT molecular complexity index is 1440. The molecule has 1 amide bonds. The smallest absolute Gasteiger partial charge is 0.267 e. The molecule has 1 saturated carbocycles. The molecule has 2 aromatic carbocycles. The Kier molecular flexibility index (Phi) is 7.69. The molecule has 3 aromatic rings. The van der Waals surface area contributed by atoms with Gasteiger partial charge in [0.05, 0.1) is 29.5 Å². The normalized spacial score (nSPS) is 20.6. The summed E-state index contributed by atoms with van der Waals surface area (Å²) in [5.41, 5.74) is 6.47. The quantitative estimate of drug-likeness (QED) is 0.288. The van der Waals surface area contributed by atoms with Crippen molar-refractivity contribution in [3.8, 4) is 5.69 Å². The number of rotatable bonds is 5.